The van der Waals surface area contributed by atoms with Gasteiger partial charge in [0.15, 0.2) is 0 Å². The van der Waals surface area contributed by atoms with Gasteiger partial charge < -0.3 is 10.6 Å². The van der Waals surface area contributed by atoms with Gasteiger partial charge in [0.25, 0.3) is 0 Å². The summed E-state index contributed by atoms with van der Waals surface area (Å²) in [4.78, 5) is 12.1. The molecular formula is C18H24N4OS. The summed E-state index contributed by atoms with van der Waals surface area (Å²) >= 11 is 1.43. The topological polar surface area (TPSA) is 66.9 Å². The van der Waals surface area contributed by atoms with Gasteiger partial charge in [0.05, 0.1) is 0 Å². The lowest BCUT2D eigenvalue weighted by Gasteiger charge is -2.21. The standard InChI is InChI=1S/C18H24N4OS/c1-12-3-5-15(13(2)11-12)17-21-22-18(24-17)20-16(23)6-4-14-7-9-19-10-8-14/h3,5,11,14,19H,4,6-10H2,1-2H3,(H,20,22,23). The van der Waals surface area contributed by atoms with E-state index < -0.39 is 0 Å². The van der Waals surface area contributed by atoms with E-state index in [1.165, 1.54) is 35.3 Å². The summed E-state index contributed by atoms with van der Waals surface area (Å²) in [6, 6.07) is 6.27. The molecule has 5 nitrogen and oxygen atoms in total. The van der Waals surface area contributed by atoms with Gasteiger partial charge in [-0.05, 0) is 57.7 Å². The number of anilines is 1. The molecule has 24 heavy (non-hydrogen) atoms. The fourth-order valence-corrected chi connectivity index (χ4v) is 3.97. The van der Waals surface area contributed by atoms with Gasteiger partial charge in [-0.25, -0.2) is 0 Å². The van der Waals surface area contributed by atoms with Gasteiger partial charge in [0, 0.05) is 12.0 Å². The monoisotopic (exact) mass is 344 g/mol. The van der Waals surface area contributed by atoms with Crippen molar-refractivity contribution in [3.05, 3.63) is 29.3 Å². The van der Waals surface area contributed by atoms with Crippen LogP contribution in [0.15, 0.2) is 18.2 Å². The second-order valence-corrected chi connectivity index (χ2v) is 7.49. The Hall–Kier alpha value is -1.79. The van der Waals surface area contributed by atoms with Crippen molar-refractivity contribution in [3.63, 3.8) is 0 Å². The lowest BCUT2D eigenvalue weighted by Crippen LogP contribution is -2.28. The van der Waals surface area contributed by atoms with Crippen LogP contribution < -0.4 is 10.6 Å². The third-order valence-corrected chi connectivity index (χ3v) is 5.39. The van der Waals surface area contributed by atoms with Crippen LogP contribution >= 0.6 is 11.3 Å². The highest BCUT2D eigenvalue weighted by atomic mass is 32.1. The minimum atomic E-state index is 0.0388. The van der Waals surface area contributed by atoms with Gasteiger partial charge in [-0.2, -0.15) is 0 Å². The summed E-state index contributed by atoms with van der Waals surface area (Å²) < 4.78 is 0. The molecule has 2 aromatic rings. The number of aryl methyl sites for hydroxylation is 2. The average Bonchev–Trinajstić information content (AvgIpc) is 3.02. The first-order valence-electron chi connectivity index (χ1n) is 8.53. The molecule has 0 spiro atoms. The zero-order chi connectivity index (χ0) is 16.9. The second-order valence-electron chi connectivity index (χ2n) is 6.51. The number of benzene rings is 1. The van der Waals surface area contributed by atoms with Crippen LogP contribution in [0.1, 0.15) is 36.8 Å². The molecule has 1 saturated heterocycles. The van der Waals surface area contributed by atoms with Gasteiger partial charge in [-0.3, -0.25) is 4.79 Å². The first kappa shape index (κ1) is 17.0. The fourth-order valence-electron chi connectivity index (χ4n) is 3.12. The Bertz CT molecular complexity index is 707. The summed E-state index contributed by atoms with van der Waals surface area (Å²) in [5, 5.41) is 16.0. The third kappa shape index (κ3) is 4.39. The minimum absolute atomic E-state index is 0.0388. The van der Waals surface area contributed by atoms with Crippen LogP contribution in [0.3, 0.4) is 0 Å². The number of rotatable bonds is 5. The number of amides is 1. The molecule has 1 aromatic heterocycles. The van der Waals surface area contributed by atoms with E-state index in [-0.39, 0.29) is 5.91 Å². The van der Waals surface area contributed by atoms with Crippen LogP contribution in [0, 0.1) is 19.8 Å². The molecule has 1 amide bonds. The van der Waals surface area contributed by atoms with Crippen LogP contribution in [-0.4, -0.2) is 29.2 Å². The molecule has 2 heterocycles. The van der Waals surface area contributed by atoms with E-state index in [1.54, 1.807) is 0 Å². The molecule has 6 heteroatoms. The predicted molar refractivity (Wildman–Crippen MR) is 98.3 cm³/mol. The SMILES string of the molecule is Cc1ccc(-c2nnc(NC(=O)CCC3CCNCC3)s2)c(C)c1. The molecule has 0 radical (unpaired) electrons. The lowest BCUT2D eigenvalue weighted by molar-refractivity contribution is -0.116. The highest BCUT2D eigenvalue weighted by Crippen LogP contribution is 2.29. The molecule has 0 unspecified atom stereocenters. The number of aromatic nitrogens is 2. The molecule has 3 rings (SSSR count). The molecule has 0 saturated carbocycles. The van der Waals surface area contributed by atoms with E-state index in [2.05, 4.69) is 52.9 Å². The van der Waals surface area contributed by atoms with Crippen LogP contribution in [0.25, 0.3) is 10.6 Å². The van der Waals surface area contributed by atoms with Crippen LogP contribution in [-0.2, 0) is 4.79 Å². The number of nitrogens with one attached hydrogen (secondary N) is 2. The summed E-state index contributed by atoms with van der Waals surface area (Å²) in [6.45, 7) is 6.29. The summed E-state index contributed by atoms with van der Waals surface area (Å²) in [7, 11) is 0. The molecule has 128 valence electrons. The quantitative estimate of drug-likeness (QED) is 0.870. The van der Waals surface area contributed by atoms with Crippen LogP contribution in [0.2, 0.25) is 0 Å². The van der Waals surface area contributed by atoms with Crippen molar-refractivity contribution < 1.29 is 4.79 Å². The maximum absolute atomic E-state index is 12.1. The Labute approximate surface area is 146 Å². The molecule has 1 aliphatic heterocycles. The Kier molecular flexibility index (Phi) is 5.58. The lowest BCUT2D eigenvalue weighted by atomic mass is 9.93. The van der Waals surface area contributed by atoms with E-state index in [0.29, 0.717) is 17.5 Å². The first-order chi connectivity index (χ1) is 11.6. The van der Waals surface area contributed by atoms with Crippen molar-refractivity contribution in [1.82, 2.24) is 15.5 Å². The smallest absolute Gasteiger partial charge is 0.226 e. The Morgan fingerprint density at radius 3 is 2.83 bits per heavy atom. The molecule has 0 atom stereocenters. The highest BCUT2D eigenvalue weighted by molar-refractivity contribution is 7.18. The second kappa shape index (κ2) is 7.85. The Balaban J connectivity index is 1.56. The Morgan fingerprint density at radius 1 is 1.29 bits per heavy atom. The normalized spacial score (nSPS) is 15.4. The number of carbonyl (C=O) groups excluding carboxylic acids is 1. The molecule has 1 fully saturated rings. The predicted octanol–water partition coefficient (Wildman–Crippen LogP) is 3.54. The average molecular weight is 344 g/mol. The third-order valence-electron chi connectivity index (χ3n) is 4.52. The van der Waals surface area contributed by atoms with Gasteiger partial charge in [0.2, 0.25) is 11.0 Å². The maximum atomic E-state index is 12.1. The number of carbonyl (C=O) groups is 1. The van der Waals surface area contributed by atoms with Crippen molar-refractivity contribution >= 4 is 22.4 Å². The molecule has 1 aliphatic rings. The van der Waals surface area contributed by atoms with Crippen molar-refractivity contribution in [2.45, 2.75) is 39.5 Å². The zero-order valence-electron chi connectivity index (χ0n) is 14.3. The largest absolute Gasteiger partial charge is 0.317 e. The minimum Gasteiger partial charge on any atom is -0.317 e. The van der Waals surface area contributed by atoms with E-state index in [9.17, 15) is 4.79 Å². The van der Waals surface area contributed by atoms with Crippen molar-refractivity contribution in [2.75, 3.05) is 18.4 Å². The van der Waals surface area contributed by atoms with Gasteiger partial charge in [-0.1, -0.05) is 35.1 Å². The van der Waals surface area contributed by atoms with Crippen LogP contribution in [0.4, 0.5) is 5.13 Å². The van der Waals surface area contributed by atoms with E-state index in [4.69, 9.17) is 0 Å². The highest BCUT2D eigenvalue weighted by Gasteiger charge is 2.16. The van der Waals surface area contributed by atoms with E-state index >= 15 is 0 Å². The van der Waals surface area contributed by atoms with Crippen molar-refractivity contribution in [1.29, 1.82) is 0 Å². The number of hydrogen-bond acceptors (Lipinski definition) is 5. The first-order valence-corrected chi connectivity index (χ1v) is 9.35. The molecule has 0 bridgehead atoms. The summed E-state index contributed by atoms with van der Waals surface area (Å²) in [6.07, 6.45) is 3.85. The zero-order valence-corrected chi connectivity index (χ0v) is 15.1. The molecule has 0 aliphatic carbocycles. The summed E-state index contributed by atoms with van der Waals surface area (Å²) in [5.74, 6) is 0.703. The Morgan fingerprint density at radius 2 is 2.08 bits per heavy atom. The maximum Gasteiger partial charge on any atom is 0.226 e. The van der Waals surface area contributed by atoms with E-state index in [1.807, 2.05) is 0 Å². The molecule has 1 aromatic carbocycles. The van der Waals surface area contributed by atoms with Gasteiger partial charge in [-0.15, -0.1) is 10.2 Å². The number of hydrogen-bond donors (Lipinski definition) is 2. The van der Waals surface area contributed by atoms with Crippen LogP contribution in [0.5, 0.6) is 0 Å². The van der Waals surface area contributed by atoms with E-state index in [0.717, 1.165) is 30.1 Å². The van der Waals surface area contributed by atoms with Crippen molar-refractivity contribution in [3.8, 4) is 10.6 Å². The number of nitrogens with zero attached hydrogens (tertiary/aromatic N) is 2. The molecule has 2 N–H and O–H groups in total. The van der Waals surface area contributed by atoms with Crippen molar-refractivity contribution in [2.24, 2.45) is 5.92 Å². The van der Waals surface area contributed by atoms with Gasteiger partial charge in [0.1, 0.15) is 5.01 Å². The number of piperidine rings is 1. The summed E-state index contributed by atoms with van der Waals surface area (Å²) in [5.41, 5.74) is 3.48. The van der Waals surface area contributed by atoms with Gasteiger partial charge >= 0.3 is 0 Å². The molecular weight excluding hydrogens is 320 g/mol. The fraction of sp³-hybridized carbons (Fsp3) is 0.500.